The first-order valence-corrected chi connectivity index (χ1v) is 5.83. The van der Waals surface area contributed by atoms with E-state index in [0.29, 0.717) is 0 Å². The van der Waals surface area contributed by atoms with Crippen LogP contribution in [0.15, 0.2) is 0 Å². The van der Waals surface area contributed by atoms with E-state index < -0.39 is 0 Å². The zero-order valence-electron chi connectivity index (χ0n) is 9.71. The fourth-order valence-electron chi connectivity index (χ4n) is 2.29. The summed E-state index contributed by atoms with van der Waals surface area (Å²) in [6.07, 6.45) is 4.29. The van der Waals surface area contributed by atoms with Crippen molar-refractivity contribution in [2.45, 2.75) is 53.0 Å². The minimum absolute atomic E-state index is 0.725. The van der Waals surface area contributed by atoms with Crippen molar-refractivity contribution in [1.82, 2.24) is 4.90 Å². The second kappa shape index (κ2) is 4.99. The second-order valence-corrected chi connectivity index (χ2v) is 5.19. The van der Waals surface area contributed by atoms with E-state index in [4.69, 9.17) is 0 Å². The van der Waals surface area contributed by atoms with Gasteiger partial charge < -0.3 is 4.90 Å². The molecular weight excluding hydrogens is 158 g/mol. The third-order valence-corrected chi connectivity index (χ3v) is 3.22. The zero-order chi connectivity index (χ0) is 9.84. The number of likely N-dealkylation sites (tertiary alicyclic amines) is 1. The van der Waals surface area contributed by atoms with Crippen LogP contribution in [0, 0.1) is 11.8 Å². The Morgan fingerprint density at radius 1 is 1.00 bits per heavy atom. The van der Waals surface area contributed by atoms with E-state index in [1.807, 2.05) is 0 Å². The van der Waals surface area contributed by atoms with E-state index in [9.17, 15) is 0 Å². The van der Waals surface area contributed by atoms with Gasteiger partial charge in [0, 0.05) is 19.1 Å². The molecule has 13 heavy (non-hydrogen) atoms. The summed E-state index contributed by atoms with van der Waals surface area (Å²) in [5, 5.41) is 0. The molecule has 0 aromatic rings. The van der Waals surface area contributed by atoms with Crippen molar-refractivity contribution < 1.29 is 0 Å². The van der Waals surface area contributed by atoms with Crippen LogP contribution in [0.2, 0.25) is 0 Å². The summed E-state index contributed by atoms with van der Waals surface area (Å²) in [6.45, 7) is 12.0. The van der Waals surface area contributed by atoms with Crippen molar-refractivity contribution in [3.05, 3.63) is 0 Å². The molecule has 2 unspecified atom stereocenters. The molecule has 1 nitrogen and oxygen atoms in total. The van der Waals surface area contributed by atoms with Crippen molar-refractivity contribution in [3.63, 3.8) is 0 Å². The molecule has 1 heteroatoms. The third-order valence-electron chi connectivity index (χ3n) is 3.22. The lowest BCUT2D eigenvalue weighted by Gasteiger charge is -2.34. The van der Waals surface area contributed by atoms with E-state index in [-0.39, 0.29) is 0 Å². The van der Waals surface area contributed by atoms with Crippen LogP contribution in [0.25, 0.3) is 0 Å². The summed E-state index contributed by atoms with van der Waals surface area (Å²) in [4.78, 5) is 2.65. The smallest absolute Gasteiger partial charge is 0.00388 e. The van der Waals surface area contributed by atoms with E-state index in [1.54, 1.807) is 0 Å². The molecule has 0 aliphatic carbocycles. The third kappa shape index (κ3) is 3.68. The Bertz CT molecular complexity index is 130. The minimum atomic E-state index is 0.725. The topological polar surface area (TPSA) is 3.24 Å². The highest BCUT2D eigenvalue weighted by atomic mass is 15.1. The molecule has 1 rings (SSSR count). The largest absolute Gasteiger partial charge is 0.300 e. The molecule has 0 amide bonds. The first kappa shape index (κ1) is 11.0. The predicted octanol–water partition coefficient (Wildman–Crippen LogP) is 3.15. The summed E-state index contributed by atoms with van der Waals surface area (Å²) in [5.74, 6) is 1.80. The van der Waals surface area contributed by atoms with Crippen LogP contribution in [-0.4, -0.2) is 24.0 Å². The zero-order valence-corrected chi connectivity index (χ0v) is 9.71. The average Bonchev–Trinajstić information content (AvgIpc) is 1.99. The fourth-order valence-corrected chi connectivity index (χ4v) is 2.29. The van der Waals surface area contributed by atoms with E-state index in [2.05, 4.69) is 32.6 Å². The first-order chi connectivity index (χ1) is 6.09. The van der Waals surface area contributed by atoms with Gasteiger partial charge in [0.05, 0.1) is 0 Å². The van der Waals surface area contributed by atoms with Crippen molar-refractivity contribution >= 4 is 0 Å². The van der Waals surface area contributed by atoms with Crippen LogP contribution < -0.4 is 0 Å². The molecule has 78 valence electrons. The van der Waals surface area contributed by atoms with Crippen LogP contribution in [0.4, 0.5) is 0 Å². The maximum Gasteiger partial charge on any atom is 0.00388 e. The molecular formula is C12H25N. The highest BCUT2D eigenvalue weighted by Gasteiger charge is 2.18. The van der Waals surface area contributed by atoms with Crippen LogP contribution in [-0.2, 0) is 0 Å². The second-order valence-electron chi connectivity index (χ2n) is 5.19. The molecule has 0 spiro atoms. The van der Waals surface area contributed by atoms with Gasteiger partial charge in [-0.2, -0.15) is 0 Å². The van der Waals surface area contributed by atoms with Gasteiger partial charge in [-0.3, -0.25) is 0 Å². The molecule has 1 aliphatic rings. The summed E-state index contributed by atoms with van der Waals surface area (Å²) in [5.41, 5.74) is 0. The molecule has 1 saturated heterocycles. The van der Waals surface area contributed by atoms with Crippen LogP contribution in [0.1, 0.15) is 47.0 Å². The van der Waals surface area contributed by atoms with Crippen LogP contribution in [0.5, 0.6) is 0 Å². The van der Waals surface area contributed by atoms with Gasteiger partial charge in [-0.15, -0.1) is 0 Å². The van der Waals surface area contributed by atoms with E-state index in [0.717, 1.165) is 17.9 Å². The number of hydrogen-bond donors (Lipinski definition) is 0. The standard InChI is InChI=1S/C12H25N/c1-10(2)13-8-11(3)6-5-7-12(4)9-13/h10-12H,5-9H2,1-4H3. The average molecular weight is 183 g/mol. The van der Waals surface area contributed by atoms with Crippen molar-refractivity contribution in [1.29, 1.82) is 0 Å². The normalized spacial score (nSPS) is 33.0. The molecule has 2 atom stereocenters. The minimum Gasteiger partial charge on any atom is -0.300 e. The molecule has 0 radical (unpaired) electrons. The quantitative estimate of drug-likeness (QED) is 0.603. The summed E-state index contributed by atoms with van der Waals surface area (Å²) < 4.78 is 0. The van der Waals surface area contributed by atoms with Gasteiger partial charge >= 0.3 is 0 Å². The van der Waals surface area contributed by atoms with Crippen molar-refractivity contribution in [3.8, 4) is 0 Å². The van der Waals surface area contributed by atoms with Gasteiger partial charge in [-0.25, -0.2) is 0 Å². The highest BCUT2D eigenvalue weighted by molar-refractivity contribution is 4.72. The summed E-state index contributed by atoms with van der Waals surface area (Å²) >= 11 is 0. The maximum absolute atomic E-state index is 2.65. The summed E-state index contributed by atoms with van der Waals surface area (Å²) in [6, 6.07) is 0.725. The SMILES string of the molecule is CC1CCCC(C)CN(C(C)C)C1. The monoisotopic (exact) mass is 183 g/mol. The van der Waals surface area contributed by atoms with Gasteiger partial charge in [0.25, 0.3) is 0 Å². The lowest BCUT2D eigenvalue weighted by atomic mass is 9.94. The Labute approximate surface area is 83.5 Å². The number of rotatable bonds is 1. The van der Waals surface area contributed by atoms with E-state index in [1.165, 1.54) is 32.4 Å². The van der Waals surface area contributed by atoms with Crippen LogP contribution >= 0.6 is 0 Å². The van der Waals surface area contributed by atoms with Gasteiger partial charge in [0.2, 0.25) is 0 Å². The lowest BCUT2D eigenvalue weighted by Crippen LogP contribution is -2.39. The molecule has 0 bridgehead atoms. The molecule has 0 saturated carbocycles. The molecule has 1 fully saturated rings. The van der Waals surface area contributed by atoms with Gasteiger partial charge in [0.1, 0.15) is 0 Å². The maximum atomic E-state index is 2.65. The fraction of sp³-hybridized carbons (Fsp3) is 1.00. The van der Waals surface area contributed by atoms with Gasteiger partial charge in [0.15, 0.2) is 0 Å². The Morgan fingerprint density at radius 3 is 1.85 bits per heavy atom. The molecule has 0 N–H and O–H groups in total. The highest BCUT2D eigenvalue weighted by Crippen LogP contribution is 2.20. The lowest BCUT2D eigenvalue weighted by molar-refractivity contribution is 0.143. The van der Waals surface area contributed by atoms with Crippen molar-refractivity contribution in [2.75, 3.05) is 13.1 Å². The molecule has 1 heterocycles. The summed E-state index contributed by atoms with van der Waals surface area (Å²) in [7, 11) is 0. The Kier molecular flexibility index (Phi) is 4.24. The molecule has 0 aromatic carbocycles. The Balaban J connectivity index is 2.48. The van der Waals surface area contributed by atoms with E-state index >= 15 is 0 Å². The Hall–Kier alpha value is -0.0400. The van der Waals surface area contributed by atoms with Gasteiger partial charge in [-0.1, -0.05) is 20.3 Å². The number of hydrogen-bond acceptors (Lipinski definition) is 1. The first-order valence-electron chi connectivity index (χ1n) is 5.83. The van der Waals surface area contributed by atoms with Gasteiger partial charge in [-0.05, 0) is 38.5 Å². The van der Waals surface area contributed by atoms with Crippen molar-refractivity contribution in [2.24, 2.45) is 11.8 Å². The molecule has 1 aliphatic heterocycles. The molecule has 0 aromatic heterocycles. The Morgan fingerprint density at radius 2 is 1.46 bits per heavy atom. The van der Waals surface area contributed by atoms with Crippen LogP contribution in [0.3, 0.4) is 0 Å². The predicted molar refractivity (Wildman–Crippen MR) is 58.9 cm³/mol. The number of nitrogens with zero attached hydrogens (tertiary/aromatic N) is 1.